The Morgan fingerprint density at radius 2 is 1.83 bits per heavy atom. The molecule has 148 valence electrons. The zero-order chi connectivity index (χ0) is 21.1. The molecule has 0 radical (unpaired) electrons. The number of carbonyl (C=O) groups excluding carboxylic acids is 1. The minimum atomic E-state index is -1.04. The van der Waals surface area contributed by atoms with Crippen molar-refractivity contribution in [3.8, 4) is 5.75 Å². The van der Waals surface area contributed by atoms with Gasteiger partial charge in [-0.2, -0.15) is 0 Å². The molecule has 0 aromatic heterocycles. The first-order valence-electron chi connectivity index (χ1n) is 8.54. The van der Waals surface area contributed by atoms with E-state index in [0.717, 1.165) is 10.8 Å². The fourth-order valence-electron chi connectivity index (χ4n) is 2.98. The first kappa shape index (κ1) is 20.8. The standard InChI is InChI=1S/C21H17BrN2O4S/c1-11-13(20(26)27)8-5-9-16(11)23-21(29)24-19(25)15-10-12-6-3-4-7-14(12)17(22)18(15)28-2/h3-10H,1-2H3,(H,26,27)(H2,23,24,25,29). The molecule has 0 spiro atoms. The number of nitrogens with one attached hydrogen (secondary N) is 2. The first-order valence-corrected chi connectivity index (χ1v) is 9.74. The Balaban J connectivity index is 1.86. The summed E-state index contributed by atoms with van der Waals surface area (Å²) in [6.45, 7) is 1.67. The van der Waals surface area contributed by atoms with Crippen molar-refractivity contribution < 1.29 is 19.4 Å². The second-order valence-corrected chi connectivity index (χ2v) is 7.39. The maximum Gasteiger partial charge on any atom is 0.336 e. The number of methoxy groups -OCH3 is 1. The van der Waals surface area contributed by atoms with Gasteiger partial charge in [-0.3, -0.25) is 10.1 Å². The van der Waals surface area contributed by atoms with Crippen LogP contribution in [0.25, 0.3) is 10.8 Å². The molecule has 29 heavy (non-hydrogen) atoms. The van der Waals surface area contributed by atoms with Gasteiger partial charge in [0.1, 0.15) is 5.75 Å². The molecule has 0 bridgehead atoms. The Morgan fingerprint density at radius 3 is 2.52 bits per heavy atom. The highest BCUT2D eigenvalue weighted by atomic mass is 79.9. The minimum Gasteiger partial charge on any atom is -0.495 e. The van der Waals surface area contributed by atoms with Crippen LogP contribution in [0.4, 0.5) is 5.69 Å². The highest BCUT2D eigenvalue weighted by molar-refractivity contribution is 9.10. The van der Waals surface area contributed by atoms with Gasteiger partial charge in [-0.1, -0.05) is 30.3 Å². The van der Waals surface area contributed by atoms with Crippen molar-refractivity contribution >= 4 is 61.6 Å². The van der Waals surface area contributed by atoms with Gasteiger partial charge in [0.2, 0.25) is 0 Å². The number of thiocarbonyl (C=S) groups is 1. The van der Waals surface area contributed by atoms with E-state index >= 15 is 0 Å². The second kappa shape index (κ2) is 8.59. The van der Waals surface area contributed by atoms with Crippen LogP contribution in [0.1, 0.15) is 26.3 Å². The third kappa shape index (κ3) is 4.23. The van der Waals surface area contributed by atoms with E-state index in [2.05, 4.69) is 26.6 Å². The Morgan fingerprint density at radius 1 is 1.10 bits per heavy atom. The molecule has 8 heteroatoms. The van der Waals surface area contributed by atoms with Gasteiger partial charge in [0.05, 0.1) is 22.7 Å². The van der Waals surface area contributed by atoms with Gasteiger partial charge in [0.25, 0.3) is 5.91 Å². The van der Waals surface area contributed by atoms with Crippen molar-refractivity contribution in [1.82, 2.24) is 5.32 Å². The van der Waals surface area contributed by atoms with Crippen LogP contribution >= 0.6 is 28.1 Å². The Hall–Kier alpha value is -2.97. The Kier molecular flexibility index (Phi) is 6.14. The summed E-state index contributed by atoms with van der Waals surface area (Å²) in [4.78, 5) is 24.1. The first-order chi connectivity index (χ1) is 13.8. The molecule has 0 aliphatic rings. The molecule has 1 amide bonds. The summed E-state index contributed by atoms with van der Waals surface area (Å²) in [5, 5.41) is 16.6. The van der Waals surface area contributed by atoms with E-state index in [9.17, 15) is 14.7 Å². The topological polar surface area (TPSA) is 87.7 Å². The average Bonchev–Trinajstić information content (AvgIpc) is 2.69. The molecule has 6 nitrogen and oxygen atoms in total. The van der Waals surface area contributed by atoms with E-state index < -0.39 is 11.9 Å². The summed E-state index contributed by atoms with van der Waals surface area (Å²) in [5.41, 5.74) is 1.49. The monoisotopic (exact) mass is 472 g/mol. The smallest absolute Gasteiger partial charge is 0.336 e. The van der Waals surface area contributed by atoms with Crippen LogP contribution in [0, 0.1) is 6.92 Å². The lowest BCUT2D eigenvalue weighted by atomic mass is 10.1. The zero-order valence-electron chi connectivity index (χ0n) is 15.6. The number of rotatable bonds is 4. The molecular weight excluding hydrogens is 456 g/mol. The molecule has 3 rings (SSSR count). The van der Waals surface area contributed by atoms with Gasteiger partial charge in [-0.15, -0.1) is 0 Å². The summed E-state index contributed by atoms with van der Waals surface area (Å²) in [6.07, 6.45) is 0. The number of ether oxygens (including phenoxy) is 1. The summed E-state index contributed by atoms with van der Waals surface area (Å²) in [5.74, 6) is -1.09. The maximum absolute atomic E-state index is 12.8. The van der Waals surface area contributed by atoms with Crippen LogP contribution in [0.2, 0.25) is 0 Å². The second-order valence-electron chi connectivity index (χ2n) is 6.18. The molecule has 0 saturated heterocycles. The van der Waals surface area contributed by atoms with Gasteiger partial charge < -0.3 is 15.2 Å². The van der Waals surface area contributed by atoms with Gasteiger partial charge >= 0.3 is 5.97 Å². The number of carboxylic acid groups (broad SMARTS) is 1. The predicted molar refractivity (Wildman–Crippen MR) is 120 cm³/mol. The number of hydrogen-bond donors (Lipinski definition) is 3. The van der Waals surface area contributed by atoms with Crippen LogP contribution in [-0.2, 0) is 0 Å². The molecule has 0 fully saturated rings. The van der Waals surface area contributed by atoms with Crippen molar-refractivity contribution in [1.29, 1.82) is 0 Å². The highest BCUT2D eigenvalue weighted by Gasteiger charge is 2.19. The quantitative estimate of drug-likeness (QED) is 0.475. The molecule has 0 atom stereocenters. The molecule has 3 aromatic rings. The van der Waals surface area contributed by atoms with Crippen LogP contribution in [0.15, 0.2) is 53.0 Å². The van der Waals surface area contributed by atoms with Gasteiger partial charge in [0.15, 0.2) is 5.11 Å². The largest absolute Gasteiger partial charge is 0.495 e. The lowest BCUT2D eigenvalue weighted by Gasteiger charge is -2.15. The average molecular weight is 473 g/mol. The maximum atomic E-state index is 12.8. The van der Waals surface area contributed by atoms with Gasteiger partial charge in [-0.05, 0) is 69.6 Å². The fraction of sp³-hybridized carbons (Fsp3) is 0.0952. The number of aromatic carboxylic acids is 1. The van der Waals surface area contributed by atoms with Crippen LogP contribution in [0.3, 0.4) is 0 Å². The van der Waals surface area contributed by atoms with E-state index in [-0.39, 0.29) is 10.7 Å². The normalized spacial score (nSPS) is 10.4. The zero-order valence-corrected chi connectivity index (χ0v) is 18.0. The summed E-state index contributed by atoms with van der Waals surface area (Å²) < 4.78 is 6.10. The number of benzene rings is 3. The van der Waals surface area contributed by atoms with E-state index in [1.807, 2.05) is 24.3 Å². The number of fused-ring (bicyclic) bond motifs is 1. The summed E-state index contributed by atoms with van der Waals surface area (Å²) in [7, 11) is 1.49. The Labute approximate surface area is 181 Å². The van der Waals surface area contributed by atoms with E-state index in [0.29, 0.717) is 27.0 Å². The highest BCUT2D eigenvalue weighted by Crippen LogP contribution is 2.36. The van der Waals surface area contributed by atoms with Crippen molar-refractivity contribution in [2.24, 2.45) is 0 Å². The van der Waals surface area contributed by atoms with Crippen LogP contribution in [-0.4, -0.2) is 29.2 Å². The molecule has 3 aromatic carbocycles. The number of anilines is 1. The molecule has 0 aliphatic carbocycles. The van der Waals surface area contributed by atoms with Gasteiger partial charge in [0, 0.05) is 5.69 Å². The molecule has 0 heterocycles. The predicted octanol–water partition coefficient (Wildman–Crippen LogP) is 4.74. The lowest BCUT2D eigenvalue weighted by Crippen LogP contribution is -2.34. The number of amides is 1. The Bertz CT molecular complexity index is 1150. The van der Waals surface area contributed by atoms with E-state index in [1.165, 1.54) is 13.2 Å². The molecule has 0 aliphatic heterocycles. The number of halogens is 1. The number of carbonyl (C=O) groups is 2. The third-order valence-electron chi connectivity index (χ3n) is 4.43. The van der Waals surface area contributed by atoms with Gasteiger partial charge in [-0.25, -0.2) is 4.79 Å². The van der Waals surface area contributed by atoms with E-state index in [1.54, 1.807) is 25.1 Å². The van der Waals surface area contributed by atoms with Crippen molar-refractivity contribution in [3.63, 3.8) is 0 Å². The fourth-order valence-corrected chi connectivity index (χ4v) is 3.92. The third-order valence-corrected chi connectivity index (χ3v) is 5.42. The van der Waals surface area contributed by atoms with Crippen LogP contribution < -0.4 is 15.4 Å². The lowest BCUT2D eigenvalue weighted by molar-refractivity contribution is 0.0696. The number of hydrogen-bond acceptors (Lipinski definition) is 4. The molecule has 0 saturated carbocycles. The SMILES string of the molecule is COc1c(C(=O)NC(=S)Nc2cccc(C(=O)O)c2C)cc2ccccc2c1Br. The summed E-state index contributed by atoms with van der Waals surface area (Å²) >= 11 is 8.75. The molecular formula is C21H17BrN2O4S. The minimum absolute atomic E-state index is 0.0481. The van der Waals surface area contributed by atoms with E-state index in [4.69, 9.17) is 17.0 Å². The summed E-state index contributed by atoms with van der Waals surface area (Å²) in [6, 6.07) is 14.1. The van der Waals surface area contributed by atoms with Crippen molar-refractivity contribution in [2.45, 2.75) is 6.92 Å². The molecule has 3 N–H and O–H groups in total. The number of carboxylic acids is 1. The van der Waals surface area contributed by atoms with Crippen LogP contribution in [0.5, 0.6) is 5.75 Å². The molecule has 0 unspecified atom stereocenters. The van der Waals surface area contributed by atoms with Crippen molar-refractivity contribution in [2.75, 3.05) is 12.4 Å². The van der Waals surface area contributed by atoms with Crippen molar-refractivity contribution in [3.05, 3.63) is 69.7 Å².